The Labute approximate surface area is 96.4 Å². The van der Waals surface area contributed by atoms with Crippen molar-refractivity contribution in [2.75, 3.05) is 7.11 Å². The molecule has 0 aliphatic rings. The number of methoxy groups -OCH3 is 1. The standard InChI is InChI=1S/C10H11N3O2S/c1-15-10(9-4-2-3-5-12-9)16(14)13-7-6-11-8-13/h2-8,10H,1H3. The summed E-state index contributed by atoms with van der Waals surface area (Å²) in [4.78, 5) is 7.98. The first-order chi connectivity index (χ1) is 7.83. The quantitative estimate of drug-likeness (QED) is 0.748. The Morgan fingerprint density at radius 1 is 1.44 bits per heavy atom. The maximum absolute atomic E-state index is 12.1. The lowest BCUT2D eigenvalue weighted by Gasteiger charge is -2.18. The van der Waals surface area contributed by atoms with Gasteiger partial charge in [0.2, 0.25) is 0 Å². The van der Waals surface area contributed by atoms with E-state index >= 15 is 0 Å². The van der Waals surface area contributed by atoms with Gasteiger partial charge in [-0.25, -0.2) is 4.98 Å². The van der Waals surface area contributed by atoms with Crippen molar-refractivity contribution in [1.82, 2.24) is 13.9 Å². The average Bonchev–Trinajstić information content (AvgIpc) is 2.85. The molecule has 2 aromatic heterocycles. The van der Waals surface area contributed by atoms with Crippen LogP contribution in [0, 0.1) is 0 Å². The van der Waals surface area contributed by atoms with Crippen molar-refractivity contribution in [1.29, 1.82) is 0 Å². The summed E-state index contributed by atoms with van der Waals surface area (Å²) in [5, 5.41) is 0. The maximum atomic E-state index is 12.1. The highest BCUT2D eigenvalue weighted by atomic mass is 32.2. The summed E-state index contributed by atoms with van der Waals surface area (Å²) in [7, 11) is 1.51. The molecule has 0 N–H and O–H groups in total. The molecule has 2 aromatic rings. The molecule has 16 heavy (non-hydrogen) atoms. The highest BCUT2D eigenvalue weighted by molar-refractivity contribution is 7.90. The van der Waals surface area contributed by atoms with Gasteiger partial charge in [-0.1, -0.05) is 6.07 Å². The molecule has 0 bridgehead atoms. The van der Waals surface area contributed by atoms with E-state index in [0.29, 0.717) is 5.69 Å². The Hall–Kier alpha value is -1.37. The van der Waals surface area contributed by atoms with E-state index in [1.54, 1.807) is 30.7 Å². The lowest BCUT2D eigenvalue weighted by atomic mass is 10.4. The van der Waals surface area contributed by atoms with Crippen molar-refractivity contribution in [2.45, 2.75) is 5.44 Å². The van der Waals surface area contributed by atoms with Gasteiger partial charge in [0, 0.05) is 19.5 Å². The lowest BCUT2D eigenvalue weighted by molar-refractivity contribution is 0.161. The SMILES string of the molecule is COC(c1ccccn1)[S+]([O-])n1ccnc1. The van der Waals surface area contributed by atoms with Gasteiger partial charge in [0.1, 0.15) is 23.4 Å². The van der Waals surface area contributed by atoms with Crippen LogP contribution in [-0.2, 0) is 16.1 Å². The molecule has 2 heterocycles. The van der Waals surface area contributed by atoms with Crippen molar-refractivity contribution in [3.05, 3.63) is 48.8 Å². The van der Waals surface area contributed by atoms with E-state index in [4.69, 9.17) is 4.74 Å². The Morgan fingerprint density at radius 3 is 2.88 bits per heavy atom. The first kappa shape index (κ1) is 11.1. The summed E-state index contributed by atoms with van der Waals surface area (Å²) in [6, 6.07) is 5.42. The second-order valence-corrected chi connectivity index (χ2v) is 4.42. The second-order valence-electron chi connectivity index (χ2n) is 3.02. The molecule has 0 spiro atoms. The third-order valence-electron chi connectivity index (χ3n) is 2.01. The summed E-state index contributed by atoms with van der Waals surface area (Å²) in [5.74, 6) is 0. The van der Waals surface area contributed by atoms with E-state index in [2.05, 4.69) is 9.97 Å². The minimum Gasteiger partial charge on any atom is -0.590 e. The molecule has 84 valence electrons. The summed E-state index contributed by atoms with van der Waals surface area (Å²) >= 11 is -1.37. The smallest absolute Gasteiger partial charge is 0.284 e. The van der Waals surface area contributed by atoms with Gasteiger partial charge >= 0.3 is 0 Å². The van der Waals surface area contributed by atoms with E-state index in [1.807, 2.05) is 6.07 Å². The normalized spacial score (nSPS) is 14.6. The molecule has 6 heteroatoms. The molecular formula is C10H11N3O2S. The number of pyridine rings is 1. The van der Waals surface area contributed by atoms with Gasteiger partial charge in [-0.2, -0.15) is 3.97 Å². The van der Waals surface area contributed by atoms with Gasteiger partial charge in [-0.05, 0) is 12.1 Å². The van der Waals surface area contributed by atoms with Gasteiger partial charge in [-0.3, -0.25) is 4.98 Å². The zero-order chi connectivity index (χ0) is 11.4. The van der Waals surface area contributed by atoms with Crippen LogP contribution in [0.25, 0.3) is 0 Å². The van der Waals surface area contributed by atoms with Gasteiger partial charge in [0.05, 0.1) is 6.20 Å². The minimum atomic E-state index is -1.37. The summed E-state index contributed by atoms with van der Waals surface area (Å²) < 4.78 is 18.8. The number of aromatic nitrogens is 3. The molecule has 0 aliphatic heterocycles. The number of ether oxygens (including phenoxy) is 1. The molecule has 0 radical (unpaired) electrons. The molecule has 0 aliphatic carbocycles. The lowest BCUT2D eigenvalue weighted by Crippen LogP contribution is -2.22. The number of hydrogen-bond donors (Lipinski definition) is 0. The van der Waals surface area contributed by atoms with Crippen molar-refractivity contribution in [3.8, 4) is 0 Å². The first-order valence-corrected chi connectivity index (χ1v) is 5.82. The largest absolute Gasteiger partial charge is 0.590 e. The Morgan fingerprint density at radius 2 is 2.31 bits per heavy atom. The van der Waals surface area contributed by atoms with E-state index in [9.17, 15) is 4.55 Å². The van der Waals surface area contributed by atoms with Gasteiger partial charge < -0.3 is 9.29 Å². The van der Waals surface area contributed by atoms with Crippen molar-refractivity contribution >= 4 is 11.4 Å². The van der Waals surface area contributed by atoms with Crippen LogP contribution in [0.2, 0.25) is 0 Å². The second kappa shape index (κ2) is 5.11. The van der Waals surface area contributed by atoms with Crippen molar-refractivity contribution in [2.24, 2.45) is 0 Å². The fourth-order valence-electron chi connectivity index (χ4n) is 1.29. The summed E-state index contributed by atoms with van der Waals surface area (Å²) in [6.45, 7) is 0. The monoisotopic (exact) mass is 237 g/mol. The summed E-state index contributed by atoms with van der Waals surface area (Å²) in [6.07, 6.45) is 6.34. The molecule has 2 rings (SSSR count). The van der Waals surface area contributed by atoms with Crippen LogP contribution < -0.4 is 0 Å². The van der Waals surface area contributed by atoms with E-state index in [1.165, 1.54) is 17.4 Å². The van der Waals surface area contributed by atoms with Crippen molar-refractivity contribution < 1.29 is 9.29 Å². The van der Waals surface area contributed by atoms with E-state index in [0.717, 1.165) is 0 Å². The van der Waals surface area contributed by atoms with Gasteiger partial charge in [0.25, 0.3) is 5.44 Å². The van der Waals surface area contributed by atoms with Crippen LogP contribution >= 0.6 is 0 Å². The number of nitrogens with zero attached hydrogens (tertiary/aromatic N) is 3. The molecule has 0 saturated heterocycles. The summed E-state index contributed by atoms with van der Waals surface area (Å²) in [5.41, 5.74) is 0.0485. The van der Waals surface area contributed by atoms with Crippen molar-refractivity contribution in [3.63, 3.8) is 0 Å². The molecule has 0 aromatic carbocycles. The van der Waals surface area contributed by atoms with Crippen LogP contribution in [0.15, 0.2) is 43.1 Å². The third-order valence-corrected chi connectivity index (χ3v) is 3.45. The van der Waals surface area contributed by atoms with E-state index < -0.39 is 16.8 Å². The van der Waals surface area contributed by atoms with Gasteiger partial charge in [0.15, 0.2) is 0 Å². The number of hydrogen-bond acceptors (Lipinski definition) is 4. The minimum absolute atomic E-state index is 0.588. The Kier molecular flexibility index (Phi) is 3.55. The molecule has 0 saturated carbocycles. The van der Waals surface area contributed by atoms with Crippen LogP contribution in [0.5, 0.6) is 0 Å². The molecule has 0 amide bonds. The van der Waals surface area contributed by atoms with Gasteiger partial charge in [-0.15, -0.1) is 0 Å². The Bertz CT molecular complexity index is 421. The zero-order valence-corrected chi connectivity index (χ0v) is 9.50. The fraction of sp³-hybridized carbons (Fsp3) is 0.200. The molecule has 2 atom stereocenters. The molecule has 0 fully saturated rings. The van der Waals surface area contributed by atoms with Crippen LogP contribution in [-0.4, -0.2) is 25.6 Å². The topological polar surface area (TPSA) is 63.0 Å². The average molecular weight is 237 g/mol. The number of imidazole rings is 1. The molecular weight excluding hydrogens is 226 g/mol. The first-order valence-electron chi connectivity index (χ1n) is 4.65. The molecule has 2 unspecified atom stereocenters. The Balaban J connectivity index is 2.23. The zero-order valence-electron chi connectivity index (χ0n) is 8.69. The van der Waals surface area contributed by atoms with Crippen LogP contribution in [0.3, 0.4) is 0 Å². The van der Waals surface area contributed by atoms with Crippen LogP contribution in [0.1, 0.15) is 11.1 Å². The highest BCUT2D eigenvalue weighted by Crippen LogP contribution is 2.22. The maximum Gasteiger partial charge on any atom is 0.284 e. The fourth-order valence-corrected chi connectivity index (χ4v) is 2.34. The third kappa shape index (κ3) is 2.24. The predicted molar refractivity (Wildman–Crippen MR) is 59.8 cm³/mol. The van der Waals surface area contributed by atoms with E-state index in [-0.39, 0.29) is 0 Å². The predicted octanol–water partition coefficient (Wildman–Crippen LogP) is 1.14. The van der Waals surface area contributed by atoms with Crippen LogP contribution in [0.4, 0.5) is 0 Å². The number of rotatable bonds is 4. The molecule has 5 nitrogen and oxygen atoms in total. The highest BCUT2D eigenvalue weighted by Gasteiger charge is 2.27.